The van der Waals surface area contributed by atoms with Crippen LogP contribution in [-0.2, 0) is 19.1 Å². The van der Waals surface area contributed by atoms with Gasteiger partial charge in [-0.1, -0.05) is 47.1 Å². The predicted octanol–water partition coefficient (Wildman–Crippen LogP) is 5.16. The van der Waals surface area contributed by atoms with Gasteiger partial charge in [-0.3, -0.25) is 14.4 Å². The molecule has 1 aliphatic heterocycles. The number of ketones is 2. The summed E-state index contributed by atoms with van der Waals surface area (Å²) in [5, 5.41) is 13.2. The number of epoxide rings is 1. The second-order valence-electron chi connectivity index (χ2n) is 15.1. The number of Topliss-reactive ketones (excluding diaryl/α,β-unsaturated/α-hetero) is 1. The molecule has 38 heavy (non-hydrogen) atoms. The minimum atomic E-state index is -1.36. The Bertz CT molecular complexity index is 1210. The Hall–Kier alpha value is -2.00. The van der Waals surface area contributed by atoms with E-state index >= 15 is 0 Å². The van der Waals surface area contributed by atoms with Crippen molar-refractivity contribution in [2.75, 3.05) is 6.54 Å². The van der Waals surface area contributed by atoms with Gasteiger partial charge in [-0.2, -0.15) is 5.26 Å². The Morgan fingerprint density at radius 2 is 1.76 bits per heavy atom. The molecule has 10 unspecified atom stereocenters. The summed E-state index contributed by atoms with van der Waals surface area (Å²) in [6, 6.07) is 2.23. The molecular weight excluding hydrogens is 476 g/mol. The number of nitrogens with zero attached hydrogens (tertiary/aromatic N) is 1. The van der Waals surface area contributed by atoms with Crippen LogP contribution in [0.5, 0.6) is 0 Å². The highest BCUT2D eigenvalue weighted by Crippen LogP contribution is 2.76. The Kier molecular flexibility index (Phi) is 5.24. The molecule has 0 aromatic rings. The first-order chi connectivity index (χ1) is 17.7. The minimum absolute atomic E-state index is 0.00596. The predicted molar refractivity (Wildman–Crippen MR) is 142 cm³/mol. The number of fused-ring (bicyclic) bond motifs is 9. The van der Waals surface area contributed by atoms with Gasteiger partial charge in [-0.25, -0.2) is 0 Å². The third-order valence-corrected chi connectivity index (χ3v) is 13.2. The van der Waals surface area contributed by atoms with Crippen molar-refractivity contribution in [3.8, 4) is 6.07 Å². The lowest BCUT2D eigenvalue weighted by molar-refractivity contribution is -0.179. The van der Waals surface area contributed by atoms with Gasteiger partial charge in [-0.15, -0.1) is 0 Å². The maximum absolute atomic E-state index is 14.5. The molecule has 0 aromatic carbocycles. The fourth-order valence-corrected chi connectivity index (χ4v) is 10.8. The summed E-state index contributed by atoms with van der Waals surface area (Å²) in [5.41, 5.74) is -1.76. The molecule has 6 aliphatic rings. The van der Waals surface area contributed by atoms with Crippen molar-refractivity contribution in [1.29, 1.82) is 5.26 Å². The molecule has 4 saturated carbocycles. The Morgan fingerprint density at radius 3 is 2.42 bits per heavy atom. The summed E-state index contributed by atoms with van der Waals surface area (Å²) in [6.07, 6.45) is 7.57. The van der Waals surface area contributed by atoms with Crippen LogP contribution in [0.3, 0.4) is 0 Å². The largest absolute Gasteiger partial charge is 0.356 e. The molecule has 10 atom stereocenters. The van der Waals surface area contributed by atoms with E-state index < -0.39 is 22.5 Å². The highest BCUT2D eigenvalue weighted by atomic mass is 16.6. The number of nitrogens with one attached hydrogen (secondary N) is 1. The number of hydrogen-bond acceptors (Lipinski definition) is 5. The van der Waals surface area contributed by atoms with E-state index in [9.17, 15) is 19.6 Å². The number of carbonyl (C=O) groups excluding carboxylic acids is 3. The molecule has 6 rings (SSSR count). The monoisotopic (exact) mass is 520 g/mol. The number of ether oxygens (including phenoxy) is 1. The Morgan fingerprint density at radius 1 is 1.08 bits per heavy atom. The smallest absolute Gasteiger partial charge is 0.240 e. The Labute approximate surface area is 227 Å². The number of carbonyl (C=O) groups is 3. The van der Waals surface area contributed by atoms with E-state index in [2.05, 4.69) is 46.0 Å². The second kappa shape index (κ2) is 7.59. The normalized spacial score (nSPS) is 52.2. The summed E-state index contributed by atoms with van der Waals surface area (Å²) in [6.45, 7) is 15.9. The van der Waals surface area contributed by atoms with Crippen LogP contribution in [0.15, 0.2) is 11.6 Å². The van der Waals surface area contributed by atoms with E-state index in [1.54, 1.807) is 0 Å². The zero-order valence-electron chi connectivity index (χ0n) is 24.2. The van der Waals surface area contributed by atoms with Gasteiger partial charge in [0.2, 0.25) is 11.5 Å². The van der Waals surface area contributed by atoms with Gasteiger partial charge in [-0.05, 0) is 86.0 Å². The Balaban J connectivity index is 1.50. The van der Waals surface area contributed by atoms with Crippen molar-refractivity contribution in [3.05, 3.63) is 11.6 Å². The molecule has 1 N–H and O–H groups in total. The molecular formula is C32H44N2O4. The lowest BCUT2D eigenvalue weighted by Crippen LogP contribution is -2.67. The van der Waals surface area contributed by atoms with Crippen LogP contribution in [-0.4, -0.2) is 35.7 Å². The van der Waals surface area contributed by atoms with Crippen LogP contribution in [0.4, 0.5) is 0 Å². The first kappa shape index (κ1) is 26.2. The molecule has 0 radical (unpaired) electrons. The first-order valence-electron chi connectivity index (χ1n) is 14.9. The maximum Gasteiger partial charge on any atom is 0.240 e. The van der Waals surface area contributed by atoms with Crippen molar-refractivity contribution in [3.63, 3.8) is 0 Å². The molecule has 1 amide bonds. The van der Waals surface area contributed by atoms with Crippen molar-refractivity contribution in [2.45, 2.75) is 105 Å². The molecule has 1 heterocycles. The molecule has 0 spiro atoms. The van der Waals surface area contributed by atoms with Crippen molar-refractivity contribution >= 4 is 17.5 Å². The van der Waals surface area contributed by atoms with Crippen LogP contribution < -0.4 is 5.32 Å². The molecule has 1 saturated heterocycles. The lowest BCUT2D eigenvalue weighted by atomic mass is 9.34. The summed E-state index contributed by atoms with van der Waals surface area (Å²) in [5.74, 6) is -0.233. The summed E-state index contributed by atoms with van der Waals surface area (Å²) in [7, 11) is 0. The van der Waals surface area contributed by atoms with Gasteiger partial charge in [0, 0.05) is 23.8 Å². The molecule has 6 heteroatoms. The van der Waals surface area contributed by atoms with E-state index in [-0.39, 0.29) is 57.4 Å². The summed E-state index contributed by atoms with van der Waals surface area (Å²) >= 11 is 0. The highest BCUT2D eigenvalue weighted by molar-refractivity contribution is 5.99. The van der Waals surface area contributed by atoms with E-state index in [1.807, 2.05) is 19.9 Å². The third-order valence-electron chi connectivity index (χ3n) is 13.2. The fourth-order valence-electron chi connectivity index (χ4n) is 10.8. The van der Waals surface area contributed by atoms with E-state index in [1.165, 1.54) is 0 Å². The number of amides is 1. The average Bonchev–Trinajstić information content (AvgIpc) is 3.62. The molecule has 206 valence electrons. The quantitative estimate of drug-likeness (QED) is 0.507. The van der Waals surface area contributed by atoms with Gasteiger partial charge < -0.3 is 10.1 Å². The summed E-state index contributed by atoms with van der Waals surface area (Å²) in [4.78, 5) is 41.4. The van der Waals surface area contributed by atoms with Gasteiger partial charge in [0.25, 0.3) is 0 Å². The van der Waals surface area contributed by atoms with Crippen LogP contribution in [0.1, 0.15) is 93.4 Å². The van der Waals surface area contributed by atoms with Gasteiger partial charge >= 0.3 is 0 Å². The van der Waals surface area contributed by atoms with Crippen molar-refractivity contribution in [1.82, 2.24) is 5.32 Å². The standard InChI is InChI=1S/C32H44N2O4/c1-8-34-26(37)31-13-11-27(3,4)16-20(31)23-21(35)15-22-28(5,29(23,6)12-14-31)10-9-19-18(2)24(36)32(17-33)25(38-32)30(19,22)7/h15,18-20,23,25H,8-14,16H2,1-7H3,(H,34,37). The zero-order chi connectivity index (χ0) is 27.7. The number of hydrogen-bond donors (Lipinski definition) is 1. The average molecular weight is 521 g/mol. The van der Waals surface area contributed by atoms with Crippen molar-refractivity contribution < 1.29 is 19.1 Å². The van der Waals surface area contributed by atoms with Crippen LogP contribution in [0, 0.1) is 62.1 Å². The SMILES string of the molecule is CCNC(=O)C12CCC(C)(C)CC1C1C(=O)C=C3C4(C)C(CCC3(C)C1(C)CC2)C(C)C(=O)C1(C#N)OC14. The molecule has 0 bridgehead atoms. The lowest BCUT2D eigenvalue weighted by Gasteiger charge is -2.68. The van der Waals surface area contributed by atoms with Crippen LogP contribution in [0.25, 0.3) is 0 Å². The number of nitriles is 1. The van der Waals surface area contributed by atoms with Crippen LogP contribution in [0.2, 0.25) is 0 Å². The maximum atomic E-state index is 14.5. The fraction of sp³-hybridized carbons (Fsp3) is 0.812. The van der Waals surface area contributed by atoms with E-state index in [0.29, 0.717) is 6.54 Å². The minimum Gasteiger partial charge on any atom is -0.356 e. The number of rotatable bonds is 2. The summed E-state index contributed by atoms with van der Waals surface area (Å²) < 4.78 is 6.04. The van der Waals surface area contributed by atoms with E-state index in [0.717, 1.165) is 50.5 Å². The van der Waals surface area contributed by atoms with Gasteiger partial charge in [0.05, 0.1) is 5.41 Å². The van der Waals surface area contributed by atoms with E-state index in [4.69, 9.17) is 4.74 Å². The van der Waals surface area contributed by atoms with Crippen LogP contribution >= 0.6 is 0 Å². The zero-order valence-corrected chi connectivity index (χ0v) is 24.2. The van der Waals surface area contributed by atoms with Gasteiger partial charge in [0.1, 0.15) is 12.2 Å². The molecule has 5 fully saturated rings. The third kappa shape index (κ3) is 2.80. The molecule has 6 nitrogen and oxygen atoms in total. The van der Waals surface area contributed by atoms with Crippen molar-refractivity contribution in [2.24, 2.45) is 50.7 Å². The molecule has 5 aliphatic carbocycles. The van der Waals surface area contributed by atoms with Gasteiger partial charge in [0.15, 0.2) is 11.6 Å². The second-order valence-corrected chi connectivity index (χ2v) is 15.1. The topological polar surface area (TPSA) is 99.6 Å². The first-order valence-corrected chi connectivity index (χ1v) is 14.9. The number of allylic oxidation sites excluding steroid dienone is 1. The highest BCUT2D eigenvalue weighted by Gasteiger charge is 2.80. The molecule has 0 aromatic heterocycles.